The first-order chi connectivity index (χ1) is 25.6. The molecule has 0 aromatic rings. The van der Waals surface area contributed by atoms with Crippen LogP contribution in [0, 0.1) is 0 Å². The van der Waals surface area contributed by atoms with E-state index in [1.807, 2.05) is 0 Å². The Bertz CT molecular complexity index is 832. The lowest BCUT2D eigenvalue weighted by atomic mass is 10.0. The number of hydrogen-bond donors (Lipinski definition) is 1. The number of rotatable bonds is 41. The van der Waals surface area contributed by atoms with Gasteiger partial charge in [0.15, 0.2) is 6.10 Å². The highest BCUT2D eigenvalue weighted by molar-refractivity contribution is 5.70. The molecular weight excluding hydrogens is 645 g/mol. The van der Waals surface area contributed by atoms with Gasteiger partial charge in [-0.2, -0.15) is 0 Å². The van der Waals surface area contributed by atoms with Gasteiger partial charge in [-0.3, -0.25) is 9.59 Å². The van der Waals surface area contributed by atoms with Gasteiger partial charge in [0.25, 0.3) is 0 Å². The Hall–Kier alpha value is -1.88. The number of carbonyl (C=O) groups excluding carboxylic acids is 2. The molecule has 0 amide bonds. The summed E-state index contributed by atoms with van der Waals surface area (Å²) in [6.07, 6.45) is 53.6. The largest absolute Gasteiger partial charge is 0.462 e. The molecule has 0 unspecified atom stereocenters. The molecule has 1 atom stereocenters. The van der Waals surface area contributed by atoms with Gasteiger partial charge in [0.1, 0.15) is 6.61 Å². The van der Waals surface area contributed by atoms with Crippen molar-refractivity contribution in [2.75, 3.05) is 13.2 Å². The zero-order valence-electron chi connectivity index (χ0n) is 34.6. The molecule has 0 radical (unpaired) electrons. The Morgan fingerprint density at radius 2 is 0.769 bits per heavy atom. The summed E-state index contributed by atoms with van der Waals surface area (Å²) in [6, 6.07) is 0. The fraction of sp³-hybridized carbons (Fsp3) is 0.830. The van der Waals surface area contributed by atoms with Crippen molar-refractivity contribution in [1.29, 1.82) is 0 Å². The number of hydrogen-bond acceptors (Lipinski definition) is 5. The summed E-state index contributed by atoms with van der Waals surface area (Å²) < 4.78 is 10.6. The molecule has 0 rings (SSSR count). The minimum absolute atomic E-state index is 0.0718. The summed E-state index contributed by atoms with van der Waals surface area (Å²) >= 11 is 0. The zero-order chi connectivity index (χ0) is 37.8. The number of esters is 2. The molecule has 0 aliphatic carbocycles. The van der Waals surface area contributed by atoms with Crippen molar-refractivity contribution < 1.29 is 24.2 Å². The first-order valence-corrected chi connectivity index (χ1v) is 22.5. The van der Waals surface area contributed by atoms with E-state index in [0.29, 0.717) is 12.8 Å². The number of unbranched alkanes of at least 4 members (excludes halogenated alkanes) is 27. The maximum atomic E-state index is 12.2. The van der Waals surface area contributed by atoms with Gasteiger partial charge < -0.3 is 14.6 Å². The van der Waals surface area contributed by atoms with Crippen LogP contribution in [0.15, 0.2) is 36.5 Å². The Morgan fingerprint density at radius 1 is 0.442 bits per heavy atom. The normalized spacial score (nSPS) is 12.4. The molecule has 5 heteroatoms. The van der Waals surface area contributed by atoms with E-state index < -0.39 is 6.10 Å². The Labute approximate surface area is 323 Å². The van der Waals surface area contributed by atoms with Gasteiger partial charge >= 0.3 is 11.9 Å². The van der Waals surface area contributed by atoms with Crippen LogP contribution < -0.4 is 0 Å². The van der Waals surface area contributed by atoms with Crippen LogP contribution in [0.3, 0.4) is 0 Å². The fourth-order valence-corrected chi connectivity index (χ4v) is 6.50. The fourth-order valence-electron chi connectivity index (χ4n) is 6.50. The average Bonchev–Trinajstić information content (AvgIpc) is 3.15. The summed E-state index contributed by atoms with van der Waals surface area (Å²) in [4.78, 5) is 24.3. The highest BCUT2D eigenvalue weighted by atomic mass is 16.6. The number of carbonyl (C=O) groups is 2. The van der Waals surface area contributed by atoms with Crippen LogP contribution in [-0.2, 0) is 19.1 Å². The van der Waals surface area contributed by atoms with Gasteiger partial charge in [-0.25, -0.2) is 0 Å². The smallest absolute Gasteiger partial charge is 0.306 e. The number of aliphatic hydroxyl groups is 1. The van der Waals surface area contributed by atoms with Crippen LogP contribution in [-0.4, -0.2) is 36.4 Å². The second-order valence-electron chi connectivity index (χ2n) is 15.1. The van der Waals surface area contributed by atoms with E-state index in [1.54, 1.807) is 0 Å². The van der Waals surface area contributed by atoms with Crippen molar-refractivity contribution >= 4 is 11.9 Å². The summed E-state index contributed by atoms with van der Waals surface area (Å²) in [5.41, 5.74) is 0. The quantitative estimate of drug-likeness (QED) is 0.0385. The van der Waals surface area contributed by atoms with E-state index in [4.69, 9.17) is 9.47 Å². The summed E-state index contributed by atoms with van der Waals surface area (Å²) in [6.45, 7) is 4.11. The average molecular weight is 731 g/mol. The van der Waals surface area contributed by atoms with Crippen LogP contribution in [0.2, 0.25) is 0 Å². The molecule has 0 aromatic heterocycles. The maximum Gasteiger partial charge on any atom is 0.306 e. The standard InChI is InChI=1S/C47H86O5/c1-3-5-7-9-11-13-15-17-19-21-22-23-24-26-27-29-31-33-35-37-39-41-46(49)51-44-45(43-48)52-47(50)42-40-38-36-34-32-30-28-25-20-18-16-14-12-10-8-6-4-2/h12,14,18,20,28,30,45,48H,3-11,13,15-17,19,21-27,29,31-44H2,1-2H3/b14-12-,20-18-,30-28-/t45-/m0/s1. The van der Waals surface area contributed by atoms with Gasteiger partial charge in [-0.05, 0) is 51.4 Å². The van der Waals surface area contributed by atoms with Gasteiger partial charge in [0.05, 0.1) is 6.61 Å². The molecule has 0 aliphatic heterocycles. The lowest BCUT2D eigenvalue weighted by Gasteiger charge is -2.15. The third-order valence-electron chi connectivity index (χ3n) is 9.94. The summed E-state index contributed by atoms with van der Waals surface area (Å²) in [5.74, 6) is -0.607. The van der Waals surface area contributed by atoms with Gasteiger partial charge in [-0.15, -0.1) is 0 Å². The molecular formula is C47H86O5. The molecule has 0 heterocycles. The predicted molar refractivity (Wildman–Crippen MR) is 224 cm³/mol. The Balaban J connectivity index is 3.52. The van der Waals surface area contributed by atoms with Crippen LogP contribution in [0.4, 0.5) is 0 Å². The van der Waals surface area contributed by atoms with Crippen LogP contribution in [0.5, 0.6) is 0 Å². The molecule has 0 saturated carbocycles. The van der Waals surface area contributed by atoms with Gasteiger partial charge in [0, 0.05) is 12.8 Å². The summed E-state index contributed by atoms with van der Waals surface area (Å²) in [7, 11) is 0. The van der Waals surface area contributed by atoms with Crippen molar-refractivity contribution in [2.45, 2.75) is 238 Å². The van der Waals surface area contributed by atoms with Crippen molar-refractivity contribution in [1.82, 2.24) is 0 Å². The Kier molecular flexibility index (Phi) is 42.0. The van der Waals surface area contributed by atoms with E-state index >= 15 is 0 Å². The van der Waals surface area contributed by atoms with E-state index in [0.717, 1.165) is 64.2 Å². The second-order valence-corrected chi connectivity index (χ2v) is 15.1. The molecule has 0 aromatic carbocycles. The van der Waals surface area contributed by atoms with Crippen LogP contribution >= 0.6 is 0 Å². The predicted octanol–water partition coefficient (Wildman–Crippen LogP) is 14.4. The second kappa shape index (κ2) is 43.5. The highest BCUT2D eigenvalue weighted by Crippen LogP contribution is 2.16. The number of aliphatic hydroxyl groups excluding tert-OH is 1. The first-order valence-electron chi connectivity index (χ1n) is 22.5. The topological polar surface area (TPSA) is 72.8 Å². The van der Waals surface area contributed by atoms with Crippen LogP contribution in [0.25, 0.3) is 0 Å². The number of ether oxygens (including phenoxy) is 2. The first kappa shape index (κ1) is 50.1. The van der Waals surface area contributed by atoms with Crippen molar-refractivity contribution in [3.63, 3.8) is 0 Å². The molecule has 1 N–H and O–H groups in total. The van der Waals surface area contributed by atoms with Gasteiger partial charge in [0.2, 0.25) is 0 Å². The van der Waals surface area contributed by atoms with Crippen molar-refractivity contribution in [3.8, 4) is 0 Å². The third-order valence-corrected chi connectivity index (χ3v) is 9.94. The van der Waals surface area contributed by atoms with Crippen LogP contribution in [0.1, 0.15) is 232 Å². The van der Waals surface area contributed by atoms with E-state index in [9.17, 15) is 14.7 Å². The van der Waals surface area contributed by atoms with Gasteiger partial charge in [-0.1, -0.05) is 204 Å². The lowest BCUT2D eigenvalue weighted by molar-refractivity contribution is -0.161. The molecule has 0 aliphatic rings. The van der Waals surface area contributed by atoms with Crippen molar-refractivity contribution in [3.05, 3.63) is 36.5 Å². The maximum absolute atomic E-state index is 12.2. The molecule has 0 saturated heterocycles. The lowest BCUT2D eigenvalue weighted by Crippen LogP contribution is -2.28. The molecule has 0 spiro atoms. The molecule has 52 heavy (non-hydrogen) atoms. The van der Waals surface area contributed by atoms with Crippen molar-refractivity contribution in [2.24, 2.45) is 0 Å². The SMILES string of the molecule is CCCCC/C=C\C/C=C\C/C=C\CCCCCCC(=O)O[C@@H](CO)COC(=O)CCCCCCCCCCCCCCCCCCCCCCC. The third kappa shape index (κ3) is 40.9. The molecule has 0 bridgehead atoms. The highest BCUT2D eigenvalue weighted by Gasteiger charge is 2.16. The minimum atomic E-state index is -0.780. The minimum Gasteiger partial charge on any atom is -0.462 e. The molecule has 0 fully saturated rings. The summed E-state index contributed by atoms with van der Waals surface area (Å²) in [5, 5.41) is 9.58. The molecule has 304 valence electrons. The van der Waals surface area contributed by atoms with E-state index in [2.05, 4.69) is 50.3 Å². The monoisotopic (exact) mass is 731 g/mol. The molecule has 5 nitrogen and oxygen atoms in total. The van der Waals surface area contributed by atoms with E-state index in [1.165, 1.54) is 141 Å². The Morgan fingerprint density at radius 3 is 1.19 bits per heavy atom. The van der Waals surface area contributed by atoms with E-state index in [-0.39, 0.29) is 25.2 Å². The number of allylic oxidation sites excluding steroid dienone is 6. The zero-order valence-corrected chi connectivity index (χ0v) is 34.6.